The number of carbonyl (C=O) groups is 3. The Labute approximate surface area is 190 Å². The van der Waals surface area contributed by atoms with Gasteiger partial charge in [-0.15, -0.1) is 0 Å². The van der Waals surface area contributed by atoms with Crippen molar-refractivity contribution in [2.45, 2.75) is 24.9 Å². The second-order valence-corrected chi connectivity index (χ2v) is 7.39. The van der Waals surface area contributed by atoms with Crippen LogP contribution >= 0.6 is 0 Å². The monoisotopic (exact) mass is 446 g/mol. The molecule has 1 fully saturated rings. The normalized spacial score (nSPS) is 19.5. The van der Waals surface area contributed by atoms with E-state index in [1.165, 1.54) is 0 Å². The number of carbonyl (C=O) groups excluding carboxylic acids is 3. The molecular formula is C26H22O7. The molecule has 0 unspecified atom stereocenters. The first-order chi connectivity index (χ1) is 16.1. The maximum atomic E-state index is 12.6. The SMILES string of the molecule is O=C(OC[C@H]1O[C@H](OC(=O)c2ccccc2)C[C@@H]1OC(=O)c1ccccc1)c1ccccc1. The van der Waals surface area contributed by atoms with Gasteiger partial charge in [-0.2, -0.15) is 0 Å². The van der Waals surface area contributed by atoms with Crippen LogP contribution in [0.3, 0.4) is 0 Å². The third kappa shape index (κ3) is 5.84. The van der Waals surface area contributed by atoms with Crippen LogP contribution < -0.4 is 0 Å². The molecule has 1 aliphatic rings. The minimum atomic E-state index is -0.952. The first kappa shape index (κ1) is 22.2. The number of esters is 3. The van der Waals surface area contributed by atoms with Gasteiger partial charge in [-0.25, -0.2) is 14.4 Å². The van der Waals surface area contributed by atoms with Gasteiger partial charge < -0.3 is 18.9 Å². The highest BCUT2D eigenvalue weighted by molar-refractivity contribution is 5.90. The van der Waals surface area contributed by atoms with Crippen LogP contribution in [0.5, 0.6) is 0 Å². The molecule has 3 aromatic rings. The zero-order valence-corrected chi connectivity index (χ0v) is 17.7. The van der Waals surface area contributed by atoms with Crippen LogP contribution in [0, 0.1) is 0 Å². The molecule has 0 aromatic heterocycles. The van der Waals surface area contributed by atoms with Gasteiger partial charge in [0.25, 0.3) is 0 Å². The molecule has 7 nitrogen and oxygen atoms in total. The van der Waals surface area contributed by atoms with Crippen molar-refractivity contribution >= 4 is 17.9 Å². The quantitative estimate of drug-likeness (QED) is 0.400. The molecule has 0 N–H and O–H groups in total. The first-order valence-electron chi connectivity index (χ1n) is 10.5. The van der Waals surface area contributed by atoms with Crippen molar-refractivity contribution in [2.24, 2.45) is 0 Å². The highest BCUT2D eigenvalue weighted by Gasteiger charge is 2.41. The summed E-state index contributed by atoms with van der Waals surface area (Å²) in [5.74, 6) is -1.63. The smallest absolute Gasteiger partial charge is 0.340 e. The van der Waals surface area contributed by atoms with E-state index in [-0.39, 0.29) is 13.0 Å². The van der Waals surface area contributed by atoms with Gasteiger partial charge in [-0.1, -0.05) is 54.6 Å². The predicted octanol–water partition coefficient (Wildman–Crippen LogP) is 4.04. The average Bonchev–Trinajstić information content (AvgIpc) is 3.24. The van der Waals surface area contributed by atoms with E-state index >= 15 is 0 Å². The summed E-state index contributed by atoms with van der Waals surface area (Å²) < 4.78 is 22.2. The van der Waals surface area contributed by atoms with Crippen LogP contribution in [0.4, 0.5) is 0 Å². The van der Waals surface area contributed by atoms with E-state index in [1.54, 1.807) is 91.0 Å². The molecule has 1 aliphatic heterocycles. The Morgan fingerprint density at radius 2 is 1.12 bits per heavy atom. The van der Waals surface area contributed by atoms with E-state index in [0.717, 1.165) is 0 Å². The summed E-state index contributed by atoms with van der Waals surface area (Å²) in [6.07, 6.45) is -2.40. The van der Waals surface area contributed by atoms with E-state index in [0.29, 0.717) is 16.7 Å². The summed E-state index contributed by atoms with van der Waals surface area (Å²) in [4.78, 5) is 37.3. The Morgan fingerprint density at radius 3 is 1.64 bits per heavy atom. The number of benzene rings is 3. The van der Waals surface area contributed by atoms with Gasteiger partial charge in [-0.05, 0) is 36.4 Å². The zero-order chi connectivity index (χ0) is 23.0. The molecule has 4 rings (SSSR count). The third-order valence-electron chi connectivity index (χ3n) is 5.07. The number of ether oxygens (including phenoxy) is 4. The summed E-state index contributed by atoms with van der Waals surface area (Å²) in [6.45, 7) is -0.167. The lowest BCUT2D eigenvalue weighted by atomic mass is 10.1. The number of hydrogen-bond donors (Lipinski definition) is 0. The lowest BCUT2D eigenvalue weighted by molar-refractivity contribution is -0.117. The van der Waals surface area contributed by atoms with E-state index in [2.05, 4.69) is 0 Å². The van der Waals surface area contributed by atoms with Crippen molar-refractivity contribution in [3.8, 4) is 0 Å². The third-order valence-corrected chi connectivity index (χ3v) is 5.07. The Balaban J connectivity index is 1.43. The summed E-state index contributed by atoms with van der Waals surface area (Å²) >= 11 is 0. The van der Waals surface area contributed by atoms with Gasteiger partial charge >= 0.3 is 17.9 Å². The first-order valence-corrected chi connectivity index (χ1v) is 10.5. The summed E-state index contributed by atoms with van der Waals surface area (Å²) in [7, 11) is 0. The van der Waals surface area contributed by atoms with E-state index in [4.69, 9.17) is 18.9 Å². The molecule has 0 aliphatic carbocycles. The molecule has 0 spiro atoms. The Bertz CT molecular complexity index is 1080. The maximum Gasteiger partial charge on any atom is 0.340 e. The summed E-state index contributed by atoms with van der Waals surface area (Å²) in [5, 5.41) is 0. The van der Waals surface area contributed by atoms with E-state index in [9.17, 15) is 14.4 Å². The van der Waals surface area contributed by atoms with Crippen molar-refractivity contribution in [3.05, 3.63) is 108 Å². The molecule has 0 amide bonds. The average molecular weight is 446 g/mol. The van der Waals surface area contributed by atoms with Gasteiger partial charge in [-0.3, -0.25) is 0 Å². The van der Waals surface area contributed by atoms with Gasteiger partial charge in [0, 0.05) is 0 Å². The number of hydrogen-bond acceptors (Lipinski definition) is 7. The molecule has 7 heteroatoms. The standard InChI is InChI=1S/C26H22O7/c27-24(18-10-4-1-5-11-18)30-17-22-21(32-25(28)19-12-6-2-7-13-19)16-23(31-22)33-26(29)20-14-8-3-9-15-20/h1-15,21-23H,16-17H2/t21-,22+,23+/m0/s1. The fourth-order valence-electron chi connectivity index (χ4n) is 3.38. The van der Waals surface area contributed by atoms with Gasteiger partial charge in [0.05, 0.1) is 23.1 Å². The van der Waals surface area contributed by atoms with Gasteiger partial charge in [0.15, 0.2) is 0 Å². The molecule has 0 saturated carbocycles. The molecule has 0 bridgehead atoms. The van der Waals surface area contributed by atoms with Crippen molar-refractivity contribution in [1.82, 2.24) is 0 Å². The topological polar surface area (TPSA) is 88.1 Å². The van der Waals surface area contributed by atoms with Crippen molar-refractivity contribution < 1.29 is 33.3 Å². The minimum Gasteiger partial charge on any atom is -0.459 e. The molecule has 168 valence electrons. The molecule has 33 heavy (non-hydrogen) atoms. The van der Waals surface area contributed by atoms with Crippen LogP contribution in [0.15, 0.2) is 91.0 Å². The fourth-order valence-corrected chi connectivity index (χ4v) is 3.38. The van der Waals surface area contributed by atoms with Crippen molar-refractivity contribution in [1.29, 1.82) is 0 Å². The summed E-state index contributed by atoms with van der Waals surface area (Å²) in [6, 6.07) is 25.5. The fraction of sp³-hybridized carbons (Fsp3) is 0.192. The number of rotatable bonds is 7. The molecular weight excluding hydrogens is 424 g/mol. The predicted molar refractivity (Wildman–Crippen MR) is 118 cm³/mol. The van der Waals surface area contributed by atoms with Gasteiger partial charge in [0.2, 0.25) is 6.29 Å². The van der Waals surface area contributed by atoms with Crippen LogP contribution in [0.2, 0.25) is 0 Å². The van der Waals surface area contributed by atoms with E-state index < -0.39 is 36.4 Å². The minimum absolute atomic E-state index is 0.116. The molecule has 3 atom stereocenters. The van der Waals surface area contributed by atoms with Crippen molar-refractivity contribution in [2.75, 3.05) is 6.61 Å². The molecule has 1 saturated heterocycles. The lowest BCUT2D eigenvalue weighted by Gasteiger charge is -2.18. The van der Waals surface area contributed by atoms with Crippen molar-refractivity contribution in [3.63, 3.8) is 0 Å². The summed E-state index contributed by atoms with van der Waals surface area (Å²) in [5.41, 5.74) is 1.14. The second-order valence-electron chi connectivity index (χ2n) is 7.39. The van der Waals surface area contributed by atoms with Crippen LogP contribution in [-0.2, 0) is 18.9 Å². The lowest BCUT2D eigenvalue weighted by Crippen LogP contribution is -2.32. The van der Waals surface area contributed by atoms with Gasteiger partial charge in [0.1, 0.15) is 18.8 Å². The second kappa shape index (κ2) is 10.6. The van der Waals surface area contributed by atoms with Crippen LogP contribution in [0.1, 0.15) is 37.5 Å². The van der Waals surface area contributed by atoms with Crippen LogP contribution in [-0.4, -0.2) is 43.0 Å². The molecule has 1 heterocycles. The molecule has 0 radical (unpaired) electrons. The Morgan fingerprint density at radius 1 is 0.667 bits per heavy atom. The highest BCUT2D eigenvalue weighted by Crippen LogP contribution is 2.27. The molecule has 3 aromatic carbocycles. The van der Waals surface area contributed by atoms with Crippen LogP contribution in [0.25, 0.3) is 0 Å². The largest absolute Gasteiger partial charge is 0.459 e. The zero-order valence-electron chi connectivity index (χ0n) is 17.7. The Hall–Kier alpha value is -3.97. The maximum absolute atomic E-state index is 12.6. The van der Waals surface area contributed by atoms with E-state index in [1.807, 2.05) is 0 Å². The Kier molecular flexibility index (Phi) is 7.12. The highest BCUT2D eigenvalue weighted by atomic mass is 16.7.